The first-order valence-corrected chi connectivity index (χ1v) is 12.4. The van der Waals surface area contributed by atoms with Crippen LogP contribution in [0.2, 0.25) is 4.34 Å². The Morgan fingerprint density at radius 3 is 2.69 bits per heavy atom. The lowest BCUT2D eigenvalue weighted by Crippen LogP contribution is -2.38. The standard InChI is InChI=1S/C21H18ClN3OS3/c22-18-6-5-17(28-18)21-23-14(12-27-21)11-19(26)25-9-7-13(8-10-25)20-24-15-3-1-2-4-16(15)29-20/h1-6,12-13H,7-11H2. The lowest BCUT2D eigenvalue weighted by Gasteiger charge is -2.31. The first-order chi connectivity index (χ1) is 14.2. The Morgan fingerprint density at radius 1 is 1.10 bits per heavy atom. The van der Waals surface area contributed by atoms with Gasteiger partial charge in [-0.25, -0.2) is 9.97 Å². The molecule has 1 fully saturated rings. The minimum absolute atomic E-state index is 0.161. The first-order valence-electron chi connectivity index (χ1n) is 9.49. The summed E-state index contributed by atoms with van der Waals surface area (Å²) >= 11 is 10.9. The number of hydrogen-bond donors (Lipinski definition) is 0. The molecule has 0 unspecified atom stereocenters. The molecule has 1 aromatic carbocycles. The molecule has 0 spiro atoms. The second kappa shape index (κ2) is 8.14. The minimum atomic E-state index is 0.161. The highest BCUT2D eigenvalue weighted by atomic mass is 35.5. The van der Waals surface area contributed by atoms with Crippen molar-refractivity contribution in [1.29, 1.82) is 0 Å². The minimum Gasteiger partial charge on any atom is -0.342 e. The van der Waals surface area contributed by atoms with Crippen molar-refractivity contribution in [3.05, 3.63) is 56.8 Å². The normalized spacial score (nSPS) is 15.3. The summed E-state index contributed by atoms with van der Waals surface area (Å²) in [5.74, 6) is 0.611. The first kappa shape index (κ1) is 19.2. The van der Waals surface area contributed by atoms with Gasteiger partial charge >= 0.3 is 0 Å². The Balaban J connectivity index is 1.20. The van der Waals surface area contributed by atoms with Crippen LogP contribution in [0.25, 0.3) is 20.1 Å². The highest BCUT2D eigenvalue weighted by molar-refractivity contribution is 7.23. The predicted molar refractivity (Wildman–Crippen MR) is 122 cm³/mol. The SMILES string of the molecule is O=C(Cc1csc(-c2ccc(Cl)s2)n1)N1CCC(c2nc3ccccc3s2)CC1. The van der Waals surface area contributed by atoms with Crippen LogP contribution >= 0.6 is 45.6 Å². The monoisotopic (exact) mass is 459 g/mol. The van der Waals surface area contributed by atoms with Gasteiger partial charge in [-0.05, 0) is 37.1 Å². The number of piperidine rings is 1. The third-order valence-electron chi connectivity index (χ3n) is 5.18. The van der Waals surface area contributed by atoms with E-state index >= 15 is 0 Å². The van der Waals surface area contributed by atoms with Gasteiger partial charge in [0.1, 0.15) is 5.01 Å². The summed E-state index contributed by atoms with van der Waals surface area (Å²) in [6.45, 7) is 1.58. The molecule has 4 aromatic rings. The molecule has 3 aromatic heterocycles. The molecule has 1 saturated heterocycles. The maximum absolute atomic E-state index is 12.8. The molecule has 8 heteroatoms. The number of carbonyl (C=O) groups is 1. The number of likely N-dealkylation sites (tertiary alicyclic amines) is 1. The molecule has 5 rings (SSSR count). The third kappa shape index (κ3) is 4.10. The lowest BCUT2D eigenvalue weighted by atomic mass is 9.97. The quantitative estimate of drug-likeness (QED) is 0.371. The van der Waals surface area contributed by atoms with Crippen molar-refractivity contribution < 1.29 is 4.79 Å². The smallest absolute Gasteiger partial charge is 0.228 e. The largest absolute Gasteiger partial charge is 0.342 e. The van der Waals surface area contributed by atoms with Crippen molar-refractivity contribution >= 4 is 61.7 Å². The summed E-state index contributed by atoms with van der Waals surface area (Å²) in [7, 11) is 0. The number of carbonyl (C=O) groups excluding carboxylic acids is 1. The zero-order valence-electron chi connectivity index (χ0n) is 15.5. The molecular formula is C21H18ClN3OS3. The summed E-state index contributed by atoms with van der Waals surface area (Å²) in [6.07, 6.45) is 2.31. The van der Waals surface area contributed by atoms with Gasteiger partial charge in [-0.1, -0.05) is 23.7 Å². The van der Waals surface area contributed by atoms with Gasteiger partial charge in [0.15, 0.2) is 0 Å². The second-order valence-electron chi connectivity index (χ2n) is 7.10. The van der Waals surface area contributed by atoms with Gasteiger partial charge in [-0.15, -0.1) is 34.0 Å². The number of nitrogens with zero attached hydrogens (tertiary/aromatic N) is 3. The number of thiophene rings is 1. The molecule has 4 heterocycles. The Kier molecular flexibility index (Phi) is 5.39. The summed E-state index contributed by atoms with van der Waals surface area (Å²) in [5, 5.41) is 4.12. The number of halogens is 1. The fourth-order valence-electron chi connectivity index (χ4n) is 3.64. The predicted octanol–water partition coefficient (Wildman–Crippen LogP) is 6.08. The number of amides is 1. The van der Waals surface area contributed by atoms with Crippen molar-refractivity contribution in [2.24, 2.45) is 0 Å². The van der Waals surface area contributed by atoms with Crippen LogP contribution in [0.1, 0.15) is 29.5 Å². The van der Waals surface area contributed by atoms with Gasteiger partial charge in [0.05, 0.1) is 36.6 Å². The van der Waals surface area contributed by atoms with E-state index in [1.807, 2.05) is 28.5 Å². The van der Waals surface area contributed by atoms with E-state index in [9.17, 15) is 4.79 Å². The molecular weight excluding hydrogens is 442 g/mol. The van der Waals surface area contributed by atoms with Gasteiger partial charge < -0.3 is 4.90 Å². The number of fused-ring (bicyclic) bond motifs is 1. The fourth-order valence-corrected chi connectivity index (χ4v) is 6.71. The van der Waals surface area contributed by atoms with E-state index in [2.05, 4.69) is 23.2 Å². The molecule has 29 heavy (non-hydrogen) atoms. The molecule has 4 nitrogen and oxygen atoms in total. The van der Waals surface area contributed by atoms with Gasteiger partial charge in [-0.2, -0.15) is 0 Å². The lowest BCUT2D eigenvalue weighted by molar-refractivity contribution is -0.131. The molecule has 0 radical (unpaired) electrons. The van der Waals surface area contributed by atoms with E-state index in [1.54, 1.807) is 22.7 Å². The molecule has 0 aliphatic carbocycles. The Morgan fingerprint density at radius 2 is 1.93 bits per heavy atom. The van der Waals surface area contributed by atoms with Gasteiger partial charge in [0.2, 0.25) is 5.91 Å². The van der Waals surface area contributed by atoms with Crippen LogP contribution < -0.4 is 0 Å². The second-order valence-corrected chi connectivity index (χ2v) is 10.7. The number of rotatable bonds is 4. The maximum atomic E-state index is 12.8. The van der Waals surface area contributed by atoms with Crippen molar-refractivity contribution in [3.8, 4) is 9.88 Å². The summed E-state index contributed by atoms with van der Waals surface area (Å²) in [6, 6.07) is 12.1. The van der Waals surface area contributed by atoms with Crippen LogP contribution in [0.3, 0.4) is 0 Å². The van der Waals surface area contributed by atoms with E-state index in [0.29, 0.717) is 12.3 Å². The number of benzene rings is 1. The molecule has 0 saturated carbocycles. The van der Waals surface area contributed by atoms with Crippen molar-refractivity contribution in [1.82, 2.24) is 14.9 Å². The average molecular weight is 460 g/mol. The van der Waals surface area contributed by atoms with Crippen LogP contribution in [0.15, 0.2) is 41.8 Å². The summed E-state index contributed by atoms with van der Waals surface area (Å²) in [4.78, 5) is 25.2. The van der Waals surface area contributed by atoms with Crippen molar-refractivity contribution in [3.63, 3.8) is 0 Å². The average Bonchev–Trinajstić information content (AvgIpc) is 3.47. The van der Waals surface area contributed by atoms with Crippen LogP contribution in [-0.2, 0) is 11.2 Å². The van der Waals surface area contributed by atoms with Gasteiger partial charge in [0.25, 0.3) is 0 Å². The van der Waals surface area contributed by atoms with Crippen molar-refractivity contribution in [2.45, 2.75) is 25.2 Å². The summed E-state index contributed by atoms with van der Waals surface area (Å²) < 4.78 is 2.00. The van der Waals surface area contributed by atoms with Crippen molar-refractivity contribution in [2.75, 3.05) is 13.1 Å². The molecule has 1 aliphatic rings. The molecule has 0 bridgehead atoms. The van der Waals surface area contributed by atoms with Crippen LogP contribution in [0.5, 0.6) is 0 Å². The number of hydrogen-bond acceptors (Lipinski definition) is 6. The maximum Gasteiger partial charge on any atom is 0.228 e. The van der Waals surface area contributed by atoms with Gasteiger partial charge in [0, 0.05) is 24.4 Å². The molecule has 1 aliphatic heterocycles. The molecule has 1 amide bonds. The highest BCUT2D eigenvalue weighted by Gasteiger charge is 2.26. The fraction of sp³-hybridized carbons (Fsp3) is 0.286. The number of thiazole rings is 2. The number of para-hydroxylation sites is 1. The van der Waals surface area contributed by atoms with Crippen LogP contribution in [0, 0.1) is 0 Å². The molecule has 0 atom stereocenters. The van der Waals surface area contributed by atoms with E-state index < -0.39 is 0 Å². The van der Waals surface area contributed by atoms with Crippen LogP contribution in [0.4, 0.5) is 0 Å². The van der Waals surface area contributed by atoms with E-state index in [1.165, 1.54) is 21.0 Å². The topological polar surface area (TPSA) is 46.1 Å². The van der Waals surface area contributed by atoms with Gasteiger partial charge in [-0.3, -0.25) is 4.79 Å². The molecule has 148 valence electrons. The number of aromatic nitrogens is 2. The Hall–Kier alpha value is -1.80. The molecule has 0 N–H and O–H groups in total. The zero-order valence-corrected chi connectivity index (χ0v) is 18.7. The highest BCUT2D eigenvalue weighted by Crippen LogP contribution is 2.35. The Bertz CT molecular complexity index is 1120. The van der Waals surface area contributed by atoms with E-state index in [-0.39, 0.29) is 5.91 Å². The Labute approximate surface area is 185 Å². The van der Waals surface area contributed by atoms with E-state index in [4.69, 9.17) is 16.6 Å². The van der Waals surface area contributed by atoms with Crippen LogP contribution in [-0.4, -0.2) is 33.9 Å². The third-order valence-corrected chi connectivity index (χ3v) is 8.67. The zero-order chi connectivity index (χ0) is 19.8. The summed E-state index contributed by atoms with van der Waals surface area (Å²) in [5.41, 5.74) is 1.92. The van der Waals surface area contributed by atoms with E-state index in [0.717, 1.165) is 51.4 Å².